The van der Waals surface area contributed by atoms with Crippen LogP contribution in [0, 0.1) is 17.2 Å². The van der Waals surface area contributed by atoms with Gasteiger partial charge in [-0.3, -0.25) is 4.79 Å². The summed E-state index contributed by atoms with van der Waals surface area (Å²) >= 11 is 18.7. The predicted molar refractivity (Wildman–Crippen MR) is 130 cm³/mol. The zero-order chi connectivity index (χ0) is 26.1. The van der Waals surface area contributed by atoms with Crippen LogP contribution < -0.4 is 0 Å². The van der Waals surface area contributed by atoms with Crippen LogP contribution in [0.5, 0.6) is 0 Å². The van der Waals surface area contributed by atoms with E-state index in [2.05, 4.69) is 11.2 Å². The molecule has 0 bridgehead atoms. The Morgan fingerprint density at radius 2 is 1.89 bits per heavy atom. The maximum Gasteiger partial charge on any atom is 0.435 e. The maximum atomic E-state index is 14.4. The number of alkyl halides is 5. The highest BCUT2D eigenvalue weighted by molar-refractivity contribution is 6.43. The molecule has 3 unspecified atom stereocenters. The molecule has 2 fully saturated rings. The van der Waals surface area contributed by atoms with Gasteiger partial charge in [0, 0.05) is 36.0 Å². The van der Waals surface area contributed by atoms with Crippen LogP contribution in [0.3, 0.4) is 0 Å². The number of carbonyl (C=O) groups excluding carboxylic acids is 1. The quantitative estimate of drug-likeness (QED) is 0.439. The van der Waals surface area contributed by atoms with E-state index >= 15 is 0 Å². The molecule has 0 spiro atoms. The summed E-state index contributed by atoms with van der Waals surface area (Å²) in [6.45, 7) is 2.13. The number of carbonyl (C=O) groups is 1. The lowest BCUT2D eigenvalue weighted by Crippen LogP contribution is -2.60. The zero-order valence-electron chi connectivity index (χ0n) is 19.1. The number of nitrogens with zero attached hydrogens (tertiary/aromatic N) is 3. The number of likely N-dealkylation sites (tertiary alicyclic amines) is 1. The molecule has 3 atom stereocenters. The minimum absolute atomic E-state index is 0.0248. The van der Waals surface area contributed by atoms with E-state index in [-0.39, 0.29) is 28.1 Å². The van der Waals surface area contributed by atoms with Gasteiger partial charge in [0.2, 0.25) is 5.91 Å². The molecule has 190 valence electrons. The van der Waals surface area contributed by atoms with E-state index in [1.165, 1.54) is 13.0 Å². The minimum Gasteiger partial charge on any atom is -0.374 e. The van der Waals surface area contributed by atoms with Gasteiger partial charge in [-0.2, -0.15) is 18.4 Å². The van der Waals surface area contributed by atoms with Gasteiger partial charge in [0.15, 0.2) is 0 Å². The third kappa shape index (κ3) is 3.91. The minimum atomic E-state index is -4.82. The van der Waals surface area contributed by atoms with Crippen LogP contribution in [0.25, 0.3) is 0 Å². The van der Waals surface area contributed by atoms with E-state index in [0.29, 0.717) is 24.2 Å². The Morgan fingerprint density at radius 3 is 2.42 bits per heavy atom. The molecule has 1 saturated heterocycles. The average Bonchev–Trinajstić information content (AvgIpc) is 3.54. The molecule has 11 heteroatoms. The molecule has 0 radical (unpaired) electrons. The second-order valence-corrected chi connectivity index (χ2v) is 11.6. The Morgan fingerprint density at radius 1 is 1.25 bits per heavy atom. The monoisotopic (exact) mass is 557 g/mol. The first-order valence-corrected chi connectivity index (χ1v) is 12.6. The number of halogens is 6. The van der Waals surface area contributed by atoms with Crippen molar-refractivity contribution in [2.75, 3.05) is 13.1 Å². The van der Waals surface area contributed by atoms with E-state index in [0.717, 1.165) is 18.9 Å². The van der Waals surface area contributed by atoms with Gasteiger partial charge in [-0.15, -0.1) is 23.2 Å². The first kappa shape index (κ1) is 25.4. The van der Waals surface area contributed by atoms with Crippen molar-refractivity contribution < 1.29 is 22.8 Å². The molecular weight excluding hydrogens is 538 g/mol. The fourth-order valence-electron chi connectivity index (χ4n) is 4.73. The first-order chi connectivity index (χ1) is 16.8. The number of allylic oxidation sites excluding steroid dienone is 2. The number of oxime groups is 1. The van der Waals surface area contributed by atoms with Crippen molar-refractivity contribution in [2.24, 2.45) is 11.1 Å². The third-order valence-corrected chi connectivity index (χ3v) is 9.10. The van der Waals surface area contributed by atoms with E-state index < -0.39 is 33.9 Å². The molecule has 5 nitrogen and oxygen atoms in total. The fraction of sp³-hybridized carbons (Fsp3) is 0.480. The molecule has 5 rings (SSSR count). The molecular formula is C25H21Cl3F3N3O2. The second kappa shape index (κ2) is 8.41. The highest BCUT2D eigenvalue weighted by atomic mass is 35.5. The van der Waals surface area contributed by atoms with Gasteiger partial charge in [0.1, 0.15) is 5.41 Å². The van der Waals surface area contributed by atoms with Crippen LogP contribution in [0.2, 0.25) is 0 Å². The van der Waals surface area contributed by atoms with Crippen molar-refractivity contribution in [3.63, 3.8) is 0 Å². The molecule has 4 aliphatic rings. The van der Waals surface area contributed by atoms with Crippen molar-refractivity contribution >= 4 is 46.4 Å². The van der Waals surface area contributed by atoms with Crippen LogP contribution in [-0.4, -0.2) is 51.6 Å². The van der Waals surface area contributed by atoms with E-state index in [4.69, 9.17) is 39.6 Å². The lowest BCUT2D eigenvalue weighted by Gasteiger charge is -2.46. The van der Waals surface area contributed by atoms with Crippen LogP contribution >= 0.6 is 34.8 Å². The predicted octanol–water partition coefficient (Wildman–Crippen LogP) is 5.79. The Balaban J connectivity index is 1.36. The summed E-state index contributed by atoms with van der Waals surface area (Å²) in [4.78, 5) is 17.8. The molecule has 0 aromatic heterocycles. The van der Waals surface area contributed by atoms with Gasteiger partial charge in [-0.25, -0.2) is 0 Å². The van der Waals surface area contributed by atoms with Crippen molar-refractivity contribution in [1.82, 2.24) is 4.90 Å². The number of hydrogen-bond acceptors (Lipinski definition) is 4. The second-order valence-electron chi connectivity index (χ2n) is 9.96. The summed E-state index contributed by atoms with van der Waals surface area (Å²) in [6.07, 6.45) is -1.27. The maximum absolute atomic E-state index is 14.4. The normalized spacial score (nSPS) is 31.4. The van der Waals surface area contributed by atoms with Crippen LogP contribution in [0.4, 0.5) is 13.2 Å². The number of amides is 1. The first-order valence-electron chi connectivity index (χ1n) is 11.4. The fourth-order valence-corrected chi connectivity index (χ4v) is 5.39. The standard InChI is InChI=1S/C25H21Cl3F3N3O2/c1-22(28)19(26)8-17(9-20(22)27)24(25(29,30)31)10-18(33-36-24)14-4-6-16(7-5-14)23(11-32)12-34(13-23)21(35)15-2-3-15/h4-9,15,19H,2-3,10,12-13H2,1H3. The van der Waals surface area contributed by atoms with E-state index in [9.17, 15) is 23.2 Å². The zero-order valence-corrected chi connectivity index (χ0v) is 21.3. The van der Waals surface area contributed by atoms with Crippen LogP contribution in [0.15, 0.2) is 52.2 Å². The molecule has 36 heavy (non-hydrogen) atoms. The summed E-state index contributed by atoms with van der Waals surface area (Å²) in [7, 11) is 0. The van der Waals surface area contributed by atoms with E-state index in [1.807, 2.05) is 0 Å². The van der Waals surface area contributed by atoms with Gasteiger partial charge < -0.3 is 9.74 Å². The Labute approximate surface area is 221 Å². The molecule has 1 aromatic rings. The van der Waals surface area contributed by atoms with Crippen molar-refractivity contribution in [2.45, 2.75) is 53.6 Å². The molecule has 1 aromatic carbocycles. The highest BCUT2D eigenvalue weighted by Crippen LogP contribution is 2.51. The molecule has 0 N–H and O–H groups in total. The number of nitriles is 1. The summed E-state index contributed by atoms with van der Waals surface area (Å²) < 4.78 is 43.1. The molecule has 1 amide bonds. The molecule has 1 saturated carbocycles. The van der Waals surface area contributed by atoms with Crippen molar-refractivity contribution in [3.05, 3.63) is 58.1 Å². The van der Waals surface area contributed by atoms with Crippen molar-refractivity contribution in [3.8, 4) is 6.07 Å². The van der Waals surface area contributed by atoms with Crippen molar-refractivity contribution in [1.29, 1.82) is 5.26 Å². The van der Waals surface area contributed by atoms with Gasteiger partial charge in [0.05, 0.1) is 22.0 Å². The topological polar surface area (TPSA) is 65.7 Å². The summed E-state index contributed by atoms with van der Waals surface area (Å²) in [5, 5.41) is 12.6. The number of hydrogen-bond donors (Lipinski definition) is 0. The van der Waals surface area contributed by atoms with Gasteiger partial charge in [-0.05, 0) is 37.0 Å². The summed E-state index contributed by atoms with van der Waals surface area (Å²) in [5.74, 6) is 0.160. The summed E-state index contributed by atoms with van der Waals surface area (Å²) in [6, 6.07) is 8.93. The Hall–Kier alpha value is -2.21. The third-order valence-electron chi connectivity index (χ3n) is 7.39. The molecule has 2 aliphatic carbocycles. The average molecular weight is 559 g/mol. The SMILES string of the molecule is CC1(Cl)C(Cl)=CC(C2(C(F)(F)F)CC(c3ccc(C4(C#N)CN(C(=O)C5CC5)C4)cc3)=NO2)=CC1Cl. The van der Waals surface area contributed by atoms with E-state index in [1.54, 1.807) is 29.2 Å². The van der Waals surface area contributed by atoms with Gasteiger partial charge >= 0.3 is 6.18 Å². The van der Waals surface area contributed by atoms with Gasteiger partial charge in [0.25, 0.3) is 5.60 Å². The lowest BCUT2D eigenvalue weighted by molar-refractivity contribution is -0.252. The highest BCUT2D eigenvalue weighted by Gasteiger charge is 2.64. The summed E-state index contributed by atoms with van der Waals surface area (Å²) in [5.41, 5.74) is -2.62. The lowest BCUT2D eigenvalue weighted by atomic mass is 9.74. The molecule has 2 heterocycles. The number of rotatable bonds is 4. The molecule has 2 aliphatic heterocycles. The largest absolute Gasteiger partial charge is 0.435 e. The smallest absolute Gasteiger partial charge is 0.374 e. The van der Waals surface area contributed by atoms with Gasteiger partial charge in [-0.1, -0.05) is 47.1 Å². The Bertz CT molecular complexity index is 1240. The number of benzene rings is 1. The van der Waals surface area contributed by atoms with Crippen LogP contribution in [-0.2, 0) is 15.0 Å². The van der Waals surface area contributed by atoms with Crippen LogP contribution in [0.1, 0.15) is 37.3 Å². The Kier molecular flexibility index (Phi) is 5.94.